The molecule has 0 aromatic heterocycles. The Morgan fingerprint density at radius 2 is 0.722 bits per heavy atom. The Morgan fingerprint density at radius 1 is 0.381 bits per heavy atom. The maximum Gasteiger partial charge on any atom is 0.220 e. The third-order valence-corrected chi connectivity index (χ3v) is 18.7. The molecule has 12 N–H and O–H groups in total. The maximum atomic E-state index is 13.5. The highest BCUT2D eigenvalue weighted by molar-refractivity contribution is 5.76. The van der Waals surface area contributed by atoms with Crippen molar-refractivity contribution >= 4 is 5.91 Å². The molecule has 19 nitrogen and oxygen atoms in total. The highest BCUT2D eigenvalue weighted by Gasteiger charge is 2.53. The first-order valence-electron chi connectivity index (χ1n) is 38.3. The zero-order valence-corrected chi connectivity index (χ0v) is 59.8. The molecular weight excluding hydrogens is 1240 g/mol. The first-order chi connectivity index (χ1) is 47.3. The van der Waals surface area contributed by atoms with Gasteiger partial charge in [0, 0.05) is 6.42 Å². The predicted molar refractivity (Wildman–Crippen MR) is 383 cm³/mol. The van der Waals surface area contributed by atoms with Crippen LogP contribution in [-0.2, 0) is 33.2 Å². The maximum absolute atomic E-state index is 13.5. The van der Waals surface area contributed by atoms with Crippen molar-refractivity contribution in [2.24, 2.45) is 0 Å². The summed E-state index contributed by atoms with van der Waals surface area (Å²) in [5.41, 5.74) is 0. The summed E-state index contributed by atoms with van der Waals surface area (Å²) in [7, 11) is 0. The fourth-order valence-corrected chi connectivity index (χ4v) is 12.5. The Morgan fingerprint density at radius 3 is 1.15 bits per heavy atom. The third-order valence-electron chi connectivity index (χ3n) is 18.7. The number of unbranched alkanes of at least 4 members (excludes halogenated alkanes) is 31. The number of rotatable bonds is 59. The molecule has 19 heteroatoms. The second-order valence-corrected chi connectivity index (χ2v) is 27.1. The summed E-state index contributed by atoms with van der Waals surface area (Å²) in [6.45, 7) is 1.62. The quantitative estimate of drug-likeness (QED) is 0.0199. The molecule has 0 aromatic carbocycles. The number of ether oxygens (including phenoxy) is 6. The minimum Gasteiger partial charge on any atom is -0.394 e. The zero-order chi connectivity index (χ0) is 70.4. The lowest BCUT2D eigenvalue weighted by atomic mass is 9.96. The smallest absolute Gasteiger partial charge is 0.220 e. The molecule has 97 heavy (non-hydrogen) atoms. The molecule has 3 saturated heterocycles. The van der Waals surface area contributed by atoms with Gasteiger partial charge in [-0.25, -0.2) is 0 Å². The lowest BCUT2D eigenvalue weighted by Gasteiger charge is -2.48. The average Bonchev–Trinajstić information content (AvgIpc) is 0.790. The molecule has 0 spiro atoms. The fraction of sp³-hybridized carbons (Fsp3) is 0.808. The molecule has 3 fully saturated rings. The number of amides is 1. The van der Waals surface area contributed by atoms with Gasteiger partial charge < -0.3 is 89.9 Å². The van der Waals surface area contributed by atoms with Gasteiger partial charge in [-0.2, -0.15) is 0 Å². The van der Waals surface area contributed by atoms with Crippen LogP contribution in [0.15, 0.2) is 85.1 Å². The van der Waals surface area contributed by atoms with E-state index >= 15 is 0 Å². The highest BCUT2D eigenvalue weighted by Crippen LogP contribution is 2.33. The second-order valence-electron chi connectivity index (χ2n) is 27.1. The van der Waals surface area contributed by atoms with Gasteiger partial charge in [-0.05, 0) is 83.5 Å². The van der Waals surface area contributed by atoms with Crippen LogP contribution in [0.25, 0.3) is 0 Å². The molecule has 3 rings (SSSR count). The Bertz CT molecular complexity index is 2080. The zero-order valence-electron chi connectivity index (χ0n) is 59.8. The van der Waals surface area contributed by atoms with Crippen molar-refractivity contribution in [2.45, 2.75) is 375 Å². The predicted octanol–water partition coefficient (Wildman–Crippen LogP) is 11.8. The van der Waals surface area contributed by atoms with E-state index in [9.17, 15) is 61.0 Å². The van der Waals surface area contributed by atoms with Gasteiger partial charge in [-0.3, -0.25) is 4.79 Å². The molecule has 562 valence electrons. The normalized spacial score (nSPS) is 27.4. The van der Waals surface area contributed by atoms with Crippen LogP contribution in [0.4, 0.5) is 0 Å². The van der Waals surface area contributed by atoms with Crippen LogP contribution in [0.2, 0.25) is 0 Å². The van der Waals surface area contributed by atoms with Crippen LogP contribution in [0.1, 0.15) is 271 Å². The summed E-state index contributed by atoms with van der Waals surface area (Å²) >= 11 is 0. The first-order valence-corrected chi connectivity index (χ1v) is 38.3. The Balaban J connectivity index is 1.42. The largest absolute Gasteiger partial charge is 0.394 e. The molecule has 0 aromatic rings. The van der Waals surface area contributed by atoms with Gasteiger partial charge in [-0.1, -0.05) is 266 Å². The second kappa shape index (κ2) is 58.5. The number of aliphatic hydroxyl groups excluding tert-OH is 11. The number of carbonyl (C=O) groups excluding carboxylic acids is 1. The Kier molecular flexibility index (Phi) is 53.2. The van der Waals surface area contributed by atoms with Crippen LogP contribution in [-0.4, -0.2) is 193 Å². The van der Waals surface area contributed by atoms with Gasteiger partial charge in [0.15, 0.2) is 18.9 Å². The van der Waals surface area contributed by atoms with Gasteiger partial charge in [0.25, 0.3) is 0 Å². The molecule has 3 aliphatic heterocycles. The molecule has 0 aliphatic carbocycles. The topological polar surface area (TPSA) is 307 Å². The molecule has 0 bridgehead atoms. The van der Waals surface area contributed by atoms with E-state index < -0.39 is 124 Å². The van der Waals surface area contributed by atoms with Crippen molar-refractivity contribution in [3.05, 3.63) is 85.1 Å². The minimum atomic E-state index is -1.99. The van der Waals surface area contributed by atoms with E-state index in [2.05, 4.69) is 92.1 Å². The van der Waals surface area contributed by atoms with Crippen molar-refractivity contribution in [3.63, 3.8) is 0 Å². The van der Waals surface area contributed by atoms with Crippen molar-refractivity contribution in [3.8, 4) is 0 Å². The van der Waals surface area contributed by atoms with Crippen molar-refractivity contribution in [2.75, 3.05) is 26.4 Å². The molecule has 17 atom stereocenters. The minimum absolute atomic E-state index is 0.227. The van der Waals surface area contributed by atoms with Gasteiger partial charge in [-0.15, -0.1) is 0 Å². The summed E-state index contributed by atoms with van der Waals surface area (Å²) in [5.74, 6) is -0.291. The van der Waals surface area contributed by atoms with Crippen LogP contribution in [0.3, 0.4) is 0 Å². The summed E-state index contributed by atoms with van der Waals surface area (Å²) < 4.78 is 34.4. The third kappa shape index (κ3) is 39.3. The van der Waals surface area contributed by atoms with Gasteiger partial charge in [0.05, 0.1) is 38.6 Å². The molecule has 1 amide bonds. The lowest BCUT2D eigenvalue weighted by Crippen LogP contribution is -2.66. The number of carbonyl (C=O) groups is 1. The van der Waals surface area contributed by atoms with Crippen LogP contribution < -0.4 is 5.32 Å². The summed E-state index contributed by atoms with van der Waals surface area (Å²) in [6, 6.07) is -1.00. The molecule has 17 unspecified atom stereocenters. The van der Waals surface area contributed by atoms with E-state index in [1.165, 1.54) is 161 Å². The monoisotopic (exact) mass is 1380 g/mol. The summed E-state index contributed by atoms with van der Waals surface area (Å²) in [6.07, 6.45) is 49.9. The van der Waals surface area contributed by atoms with E-state index in [-0.39, 0.29) is 18.9 Å². The number of hydrogen-bond acceptors (Lipinski definition) is 18. The molecule has 3 aliphatic rings. The SMILES string of the molecule is CC/C=C\C/C=C\C/C=C\C/C=C\CCCCCCCCCCCCCCCCC(=O)NC(COC1OC(CO)C(OC2OC(CO)C(OC3OC(CO)C(O)C(O)C3O)C(O)C2O)C(O)C1O)C(O)/C=C/CC/C=C/CC/C=C/CCCCCCCCCCCCCCCCC. The lowest BCUT2D eigenvalue weighted by molar-refractivity contribution is -0.379. The van der Waals surface area contributed by atoms with Crippen molar-refractivity contribution in [1.82, 2.24) is 5.32 Å². The standard InChI is InChI=1S/C78H137NO18/c1-3-5-7-9-11-13-15-17-19-21-23-25-27-29-30-32-34-36-38-40-42-44-46-48-50-52-54-56-66(84)79-61(62(83)55-53-51-49-47-45-43-41-39-37-35-33-31-28-26-24-22-20-18-16-14-12-10-8-6-4-2)60-92-76-72(90)69(87)74(64(58-81)94-76)97-78-73(91)70(88)75(65(59-82)95-78)96-77-71(89)68(86)67(85)63(57-80)93-77/h5,7,11,13,17,19,23,25,37,39,45,47,53,55,61-65,67-78,80-83,85-91H,3-4,6,8-10,12,14-16,18,20-22,24,26-36,38,40-44,46,48-52,54,56-60H2,1-2H3,(H,79,84)/b7-5-,13-11-,19-17-,25-23-,39-37+,47-45+,55-53+. The summed E-state index contributed by atoms with van der Waals surface area (Å²) in [5, 5.41) is 121. The number of aliphatic hydroxyl groups is 11. The van der Waals surface area contributed by atoms with E-state index in [0.29, 0.717) is 12.8 Å². The molecular formula is C78H137NO18. The van der Waals surface area contributed by atoms with Crippen LogP contribution >= 0.6 is 0 Å². The van der Waals surface area contributed by atoms with E-state index in [1.807, 2.05) is 6.08 Å². The molecule has 3 heterocycles. The van der Waals surface area contributed by atoms with Gasteiger partial charge in [0.1, 0.15) is 73.2 Å². The van der Waals surface area contributed by atoms with Gasteiger partial charge in [0.2, 0.25) is 5.91 Å². The fourth-order valence-electron chi connectivity index (χ4n) is 12.5. The van der Waals surface area contributed by atoms with E-state index in [1.54, 1.807) is 6.08 Å². The summed E-state index contributed by atoms with van der Waals surface area (Å²) in [4.78, 5) is 13.5. The molecule has 0 saturated carbocycles. The highest BCUT2D eigenvalue weighted by atomic mass is 16.8. The van der Waals surface area contributed by atoms with Crippen LogP contribution in [0, 0.1) is 0 Å². The van der Waals surface area contributed by atoms with Gasteiger partial charge >= 0.3 is 0 Å². The number of allylic oxidation sites excluding steroid dienone is 13. The first kappa shape index (κ1) is 88.2. The van der Waals surface area contributed by atoms with Crippen molar-refractivity contribution < 1.29 is 89.4 Å². The van der Waals surface area contributed by atoms with Crippen LogP contribution in [0.5, 0.6) is 0 Å². The van der Waals surface area contributed by atoms with Crippen molar-refractivity contribution in [1.29, 1.82) is 0 Å². The number of hydrogen-bond donors (Lipinski definition) is 12. The molecule has 0 radical (unpaired) electrons. The van der Waals surface area contributed by atoms with E-state index in [4.69, 9.17) is 28.4 Å². The number of nitrogens with one attached hydrogen (secondary N) is 1. The average molecular weight is 1380 g/mol. The van der Waals surface area contributed by atoms with E-state index in [0.717, 1.165) is 77.0 Å². The Labute approximate surface area is 584 Å². The Hall–Kier alpha value is -3.03.